The average Bonchev–Trinajstić information content (AvgIpc) is 2.81. The minimum absolute atomic E-state index is 0.00426. The lowest BCUT2D eigenvalue weighted by Gasteiger charge is -2.24. The van der Waals surface area contributed by atoms with E-state index in [1.807, 2.05) is 5.32 Å². The summed E-state index contributed by atoms with van der Waals surface area (Å²) in [6.07, 6.45) is 1.61. The van der Waals surface area contributed by atoms with Gasteiger partial charge in [-0.15, -0.1) is 0 Å². The van der Waals surface area contributed by atoms with Crippen LogP contribution in [0.3, 0.4) is 0 Å². The van der Waals surface area contributed by atoms with Crippen LogP contribution in [0.4, 0.5) is 0 Å². The van der Waals surface area contributed by atoms with Gasteiger partial charge >= 0.3 is 5.97 Å². The van der Waals surface area contributed by atoms with Crippen LogP contribution in [0.15, 0.2) is 24.3 Å². The lowest BCUT2D eigenvalue weighted by atomic mass is 10.0. The Morgan fingerprint density at radius 1 is 0.824 bits per heavy atom. The number of carbonyl (C=O) groups excluding carboxylic acids is 3. The number of benzene rings is 1. The van der Waals surface area contributed by atoms with E-state index in [2.05, 4.69) is 10.6 Å². The molecule has 0 aliphatic heterocycles. The second-order valence-electron chi connectivity index (χ2n) is 7.65. The lowest BCUT2D eigenvalue weighted by Crippen LogP contribution is -2.58. The smallest absolute Gasteiger partial charge is 0.328 e. The number of nitrogens with one attached hydrogen (secondary N) is 3. The summed E-state index contributed by atoms with van der Waals surface area (Å²) in [6, 6.07) is 0.601. The molecule has 190 valence electrons. The number of aromatic hydroxyl groups is 1. The molecule has 0 saturated heterocycles. The molecule has 11 N–H and O–H groups in total. The molecule has 0 aliphatic carbocycles. The van der Waals surface area contributed by atoms with Gasteiger partial charge in [0.1, 0.15) is 23.9 Å². The molecule has 0 saturated carbocycles. The van der Waals surface area contributed by atoms with Crippen molar-refractivity contribution in [3.63, 3.8) is 0 Å². The number of carboxylic acid groups (broad SMARTS) is 1. The number of hydrogen-bond acceptors (Lipinski definition) is 9. The summed E-state index contributed by atoms with van der Waals surface area (Å²) in [6.45, 7) is -1.31. The van der Waals surface area contributed by atoms with E-state index in [0.29, 0.717) is 31.4 Å². The minimum Gasteiger partial charge on any atom is -0.508 e. The van der Waals surface area contributed by atoms with Gasteiger partial charge in [-0.05, 0) is 37.1 Å². The van der Waals surface area contributed by atoms with Crippen LogP contribution in [-0.2, 0) is 25.6 Å². The summed E-state index contributed by atoms with van der Waals surface area (Å²) in [7, 11) is 0. The molecule has 4 unspecified atom stereocenters. The third kappa shape index (κ3) is 9.70. The number of amides is 3. The number of nitrogens with two attached hydrogens (primary N) is 2. The molecule has 4 atom stereocenters. The lowest BCUT2D eigenvalue weighted by molar-refractivity contribution is -0.143. The van der Waals surface area contributed by atoms with Gasteiger partial charge < -0.3 is 47.8 Å². The molecule has 3 amide bonds. The summed E-state index contributed by atoms with van der Waals surface area (Å²) in [4.78, 5) is 48.7. The number of aliphatic hydroxyl groups excluding tert-OH is 2. The maximum atomic E-state index is 12.9. The average molecular weight is 484 g/mol. The van der Waals surface area contributed by atoms with Gasteiger partial charge in [0.25, 0.3) is 0 Å². The zero-order chi connectivity index (χ0) is 25.7. The highest BCUT2D eigenvalue weighted by Gasteiger charge is 2.30. The van der Waals surface area contributed by atoms with Gasteiger partial charge in [-0.1, -0.05) is 18.6 Å². The summed E-state index contributed by atoms with van der Waals surface area (Å²) >= 11 is 0. The molecule has 0 bridgehead atoms. The van der Waals surface area contributed by atoms with Gasteiger partial charge in [0, 0.05) is 6.42 Å². The molecule has 13 nitrogen and oxygen atoms in total. The van der Waals surface area contributed by atoms with E-state index in [9.17, 15) is 29.4 Å². The normalized spacial score (nSPS) is 14.4. The molecule has 34 heavy (non-hydrogen) atoms. The number of unbranched alkanes of at least 4 members (excludes halogenated alkanes) is 1. The SMILES string of the molecule is NCCCCC(N)C(=O)NC(Cc1ccc(O)cc1)C(=O)NC(CO)C(=O)NC(CO)C(=O)O. The van der Waals surface area contributed by atoms with Gasteiger partial charge in [-0.25, -0.2) is 4.79 Å². The fourth-order valence-electron chi connectivity index (χ4n) is 2.92. The number of carbonyl (C=O) groups is 4. The zero-order valence-corrected chi connectivity index (χ0v) is 18.6. The predicted octanol–water partition coefficient (Wildman–Crippen LogP) is -3.09. The van der Waals surface area contributed by atoms with Crippen LogP contribution in [0.25, 0.3) is 0 Å². The first-order chi connectivity index (χ1) is 16.1. The van der Waals surface area contributed by atoms with Gasteiger partial charge in [0.05, 0.1) is 19.3 Å². The molecule has 1 aromatic carbocycles. The third-order valence-corrected chi connectivity index (χ3v) is 4.93. The van der Waals surface area contributed by atoms with Crippen molar-refractivity contribution in [2.45, 2.75) is 49.9 Å². The highest BCUT2D eigenvalue weighted by atomic mass is 16.4. The molecule has 0 heterocycles. The van der Waals surface area contributed by atoms with Crippen molar-refractivity contribution in [1.29, 1.82) is 0 Å². The fraction of sp³-hybridized carbons (Fsp3) is 0.524. The Kier molecular flexibility index (Phi) is 12.5. The van der Waals surface area contributed by atoms with Gasteiger partial charge in [0.2, 0.25) is 17.7 Å². The zero-order valence-electron chi connectivity index (χ0n) is 18.6. The van der Waals surface area contributed by atoms with Crippen molar-refractivity contribution in [2.75, 3.05) is 19.8 Å². The topological polar surface area (TPSA) is 237 Å². The highest BCUT2D eigenvalue weighted by Crippen LogP contribution is 2.12. The summed E-state index contributed by atoms with van der Waals surface area (Å²) in [5, 5.41) is 43.8. The number of aliphatic carboxylic acids is 1. The number of phenols is 1. The van der Waals surface area contributed by atoms with Crippen molar-refractivity contribution >= 4 is 23.7 Å². The first kappa shape index (κ1) is 28.8. The maximum absolute atomic E-state index is 12.9. The molecule has 1 rings (SSSR count). The summed E-state index contributed by atoms with van der Waals surface area (Å²) < 4.78 is 0. The van der Waals surface area contributed by atoms with E-state index in [0.717, 1.165) is 0 Å². The Balaban J connectivity index is 2.96. The minimum atomic E-state index is -1.63. The quantitative estimate of drug-likeness (QED) is 0.114. The van der Waals surface area contributed by atoms with Crippen LogP contribution in [0.5, 0.6) is 5.75 Å². The Morgan fingerprint density at radius 3 is 1.88 bits per heavy atom. The van der Waals surface area contributed by atoms with Crippen molar-refractivity contribution in [3.05, 3.63) is 29.8 Å². The Hall–Kier alpha value is -3.26. The van der Waals surface area contributed by atoms with Gasteiger partial charge in [-0.3, -0.25) is 14.4 Å². The molecule has 13 heteroatoms. The molecule has 0 fully saturated rings. The molecule has 0 aliphatic rings. The van der Waals surface area contributed by atoms with Crippen LogP contribution in [0, 0.1) is 0 Å². The fourth-order valence-corrected chi connectivity index (χ4v) is 2.92. The highest BCUT2D eigenvalue weighted by molar-refractivity contribution is 5.94. The van der Waals surface area contributed by atoms with Crippen molar-refractivity contribution < 1.29 is 39.6 Å². The Labute approximate surface area is 196 Å². The Bertz CT molecular complexity index is 820. The largest absolute Gasteiger partial charge is 0.508 e. The Morgan fingerprint density at radius 2 is 1.35 bits per heavy atom. The van der Waals surface area contributed by atoms with Crippen LogP contribution < -0.4 is 27.4 Å². The van der Waals surface area contributed by atoms with E-state index in [4.69, 9.17) is 21.7 Å². The van der Waals surface area contributed by atoms with Crippen molar-refractivity contribution in [2.24, 2.45) is 11.5 Å². The maximum Gasteiger partial charge on any atom is 0.328 e. The number of rotatable bonds is 15. The molecule has 0 aromatic heterocycles. The van der Waals surface area contributed by atoms with E-state index < -0.39 is 61.1 Å². The molecule has 1 aromatic rings. The monoisotopic (exact) mass is 483 g/mol. The second kappa shape index (κ2) is 14.8. The van der Waals surface area contributed by atoms with E-state index in [1.54, 1.807) is 0 Å². The van der Waals surface area contributed by atoms with Crippen LogP contribution >= 0.6 is 0 Å². The van der Waals surface area contributed by atoms with Crippen molar-refractivity contribution in [3.8, 4) is 5.75 Å². The van der Waals surface area contributed by atoms with Crippen LogP contribution in [0.1, 0.15) is 24.8 Å². The van der Waals surface area contributed by atoms with E-state index in [1.165, 1.54) is 24.3 Å². The van der Waals surface area contributed by atoms with Crippen LogP contribution in [-0.4, -0.2) is 88.0 Å². The van der Waals surface area contributed by atoms with Gasteiger partial charge in [0.15, 0.2) is 0 Å². The standard InChI is InChI=1S/C21H33N5O8/c22-8-2-1-3-14(23)18(30)24-15(9-12-4-6-13(29)7-5-12)19(31)25-16(10-27)20(32)26-17(11-28)21(33)34/h4-7,14-17,27-29H,1-3,8-11,22-23H2,(H,24,30)(H,25,31)(H,26,32)(H,33,34). The molecule has 0 spiro atoms. The predicted molar refractivity (Wildman–Crippen MR) is 120 cm³/mol. The number of hydrogen-bond donors (Lipinski definition) is 9. The van der Waals surface area contributed by atoms with E-state index >= 15 is 0 Å². The molecular formula is C21H33N5O8. The first-order valence-corrected chi connectivity index (χ1v) is 10.7. The van der Waals surface area contributed by atoms with Crippen LogP contribution in [0.2, 0.25) is 0 Å². The van der Waals surface area contributed by atoms with E-state index in [-0.39, 0.29) is 12.2 Å². The molecule has 0 radical (unpaired) electrons. The van der Waals surface area contributed by atoms with Crippen molar-refractivity contribution in [1.82, 2.24) is 16.0 Å². The second-order valence-corrected chi connectivity index (χ2v) is 7.65. The summed E-state index contributed by atoms with van der Waals surface area (Å²) in [5.41, 5.74) is 11.9. The first-order valence-electron chi connectivity index (χ1n) is 10.7. The van der Waals surface area contributed by atoms with Gasteiger partial charge in [-0.2, -0.15) is 0 Å². The molecular weight excluding hydrogens is 450 g/mol. The third-order valence-electron chi connectivity index (χ3n) is 4.93. The number of aliphatic hydroxyl groups is 2. The number of phenolic OH excluding ortho intramolecular Hbond substituents is 1. The number of carboxylic acids is 1. The summed E-state index contributed by atoms with van der Waals surface area (Å²) in [5.74, 6) is -3.97.